The molecule has 1 aliphatic rings. The van der Waals surface area contributed by atoms with Crippen molar-refractivity contribution in [3.05, 3.63) is 54.6 Å². The second-order valence-electron chi connectivity index (χ2n) is 5.61. The molecule has 1 atom stereocenters. The summed E-state index contributed by atoms with van der Waals surface area (Å²) in [5.74, 6) is 0.837. The molecule has 3 nitrogen and oxygen atoms in total. The highest BCUT2D eigenvalue weighted by molar-refractivity contribution is 8.01. The molecule has 1 aliphatic carbocycles. The van der Waals surface area contributed by atoms with Crippen LogP contribution in [0.5, 0.6) is 5.75 Å². The Labute approximate surface area is 135 Å². The minimum absolute atomic E-state index is 0.0270. The van der Waals surface area contributed by atoms with Crippen molar-refractivity contribution in [1.82, 2.24) is 0 Å². The van der Waals surface area contributed by atoms with Crippen molar-refractivity contribution in [2.24, 2.45) is 0 Å². The van der Waals surface area contributed by atoms with Gasteiger partial charge in [-0.05, 0) is 49.2 Å². The molecular weight excluding hydrogens is 294 g/mol. The van der Waals surface area contributed by atoms with Gasteiger partial charge in [-0.3, -0.25) is 0 Å². The smallest absolute Gasteiger partial charge is 0.119 e. The number of methoxy groups -OCH3 is 1. The van der Waals surface area contributed by atoms with Crippen molar-refractivity contribution in [2.75, 3.05) is 19.0 Å². The topological polar surface area (TPSA) is 41.5 Å². The number of ether oxygens (including phenoxy) is 1. The zero-order valence-electron chi connectivity index (χ0n) is 12.7. The molecule has 4 heteroatoms. The number of nitrogens with one attached hydrogen (secondary N) is 1. The summed E-state index contributed by atoms with van der Waals surface area (Å²) in [5, 5.41) is 13.9. The van der Waals surface area contributed by atoms with Crippen LogP contribution in [0.15, 0.2) is 59.5 Å². The van der Waals surface area contributed by atoms with Gasteiger partial charge in [-0.25, -0.2) is 0 Å². The molecule has 116 valence electrons. The highest BCUT2D eigenvalue weighted by Gasteiger charge is 2.49. The van der Waals surface area contributed by atoms with E-state index >= 15 is 0 Å². The Balaban J connectivity index is 1.56. The van der Waals surface area contributed by atoms with E-state index in [0.29, 0.717) is 6.54 Å². The van der Waals surface area contributed by atoms with Gasteiger partial charge in [0.05, 0.1) is 13.2 Å². The Hall–Kier alpha value is -1.65. The van der Waals surface area contributed by atoms with E-state index in [9.17, 15) is 5.11 Å². The van der Waals surface area contributed by atoms with Gasteiger partial charge in [0.1, 0.15) is 5.75 Å². The molecule has 0 bridgehead atoms. The molecule has 1 fully saturated rings. The molecule has 0 radical (unpaired) electrons. The summed E-state index contributed by atoms with van der Waals surface area (Å²) in [5.41, 5.74) is 1.00. The van der Waals surface area contributed by atoms with Crippen LogP contribution in [0.2, 0.25) is 0 Å². The maximum atomic E-state index is 10.6. The molecule has 1 saturated carbocycles. The zero-order chi connectivity index (χ0) is 15.4. The lowest BCUT2D eigenvalue weighted by molar-refractivity contribution is 0.177. The maximum absolute atomic E-state index is 10.6. The average Bonchev–Trinajstić information content (AvgIpc) is 3.35. The molecule has 0 heterocycles. The van der Waals surface area contributed by atoms with Crippen molar-refractivity contribution in [3.8, 4) is 5.75 Å². The maximum Gasteiger partial charge on any atom is 0.119 e. The van der Waals surface area contributed by atoms with Crippen LogP contribution < -0.4 is 10.1 Å². The van der Waals surface area contributed by atoms with Crippen LogP contribution in [-0.4, -0.2) is 29.6 Å². The molecule has 1 unspecified atom stereocenters. The number of hydrogen-bond acceptors (Lipinski definition) is 4. The first-order chi connectivity index (χ1) is 10.7. The fourth-order valence-corrected chi connectivity index (χ4v) is 3.75. The summed E-state index contributed by atoms with van der Waals surface area (Å²) in [6.07, 6.45) is 1.77. The lowest BCUT2D eigenvalue weighted by Crippen LogP contribution is -2.32. The normalized spacial score (nSPS) is 16.8. The van der Waals surface area contributed by atoms with E-state index in [0.717, 1.165) is 24.3 Å². The van der Waals surface area contributed by atoms with Gasteiger partial charge in [-0.1, -0.05) is 18.2 Å². The molecule has 0 spiro atoms. The number of rotatable bonds is 7. The molecular formula is C18H21NO2S. The first-order valence-corrected chi connectivity index (χ1v) is 8.33. The second kappa shape index (κ2) is 6.63. The van der Waals surface area contributed by atoms with Gasteiger partial charge in [0.2, 0.25) is 0 Å². The third-order valence-electron chi connectivity index (χ3n) is 4.00. The van der Waals surface area contributed by atoms with Crippen molar-refractivity contribution in [1.29, 1.82) is 0 Å². The summed E-state index contributed by atoms with van der Waals surface area (Å²) in [7, 11) is 1.66. The Morgan fingerprint density at radius 1 is 1.14 bits per heavy atom. The van der Waals surface area contributed by atoms with Gasteiger partial charge >= 0.3 is 0 Å². The van der Waals surface area contributed by atoms with Gasteiger partial charge < -0.3 is 15.2 Å². The van der Waals surface area contributed by atoms with Gasteiger partial charge in [-0.15, -0.1) is 11.8 Å². The monoisotopic (exact) mass is 315 g/mol. The van der Waals surface area contributed by atoms with Gasteiger partial charge in [0.25, 0.3) is 0 Å². The van der Waals surface area contributed by atoms with Crippen LogP contribution in [0.1, 0.15) is 12.8 Å². The quantitative estimate of drug-likeness (QED) is 0.815. The lowest BCUT2D eigenvalue weighted by Gasteiger charge is -2.22. The van der Waals surface area contributed by atoms with Crippen LogP contribution in [0, 0.1) is 0 Å². The van der Waals surface area contributed by atoms with Crippen LogP contribution in [0.3, 0.4) is 0 Å². The molecule has 0 aliphatic heterocycles. The second-order valence-corrected chi connectivity index (χ2v) is 7.09. The van der Waals surface area contributed by atoms with Crippen LogP contribution in [-0.2, 0) is 0 Å². The standard InChI is InChI=1S/C18H21NO2S/c1-21-15-9-7-14(8-10-15)19-13-17(20)18(11-12-18)22-16-5-3-2-4-6-16/h2-10,17,19-20H,11-13H2,1H3. The number of benzene rings is 2. The Morgan fingerprint density at radius 3 is 2.41 bits per heavy atom. The van der Waals surface area contributed by atoms with E-state index in [4.69, 9.17) is 4.74 Å². The fraction of sp³-hybridized carbons (Fsp3) is 0.333. The molecule has 0 amide bonds. The number of aliphatic hydroxyl groups excluding tert-OH is 1. The molecule has 2 aromatic carbocycles. The van der Waals surface area contributed by atoms with Crippen molar-refractivity contribution in [3.63, 3.8) is 0 Å². The van der Waals surface area contributed by atoms with Crippen molar-refractivity contribution < 1.29 is 9.84 Å². The zero-order valence-corrected chi connectivity index (χ0v) is 13.5. The lowest BCUT2D eigenvalue weighted by atomic mass is 10.2. The molecule has 0 saturated heterocycles. The molecule has 2 aromatic rings. The SMILES string of the molecule is COc1ccc(NCC(O)C2(Sc3ccccc3)CC2)cc1. The van der Waals surface area contributed by atoms with E-state index < -0.39 is 0 Å². The first kappa shape index (κ1) is 15.3. The number of anilines is 1. The van der Waals surface area contributed by atoms with Crippen molar-refractivity contribution >= 4 is 17.4 Å². The van der Waals surface area contributed by atoms with Gasteiger partial charge in [-0.2, -0.15) is 0 Å². The van der Waals surface area contributed by atoms with E-state index in [1.54, 1.807) is 18.9 Å². The van der Waals surface area contributed by atoms with Crippen LogP contribution in [0.25, 0.3) is 0 Å². The highest BCUT2D eigenvalue weighted by Crippen LogP contribution is 2.54. The minimum atomic E-state index is -0.361. The third kappa shape index (κ3) is 3.57. The predicted octanol–water partition coefficient (Wildman–Crippen LogP) is 3.79. The van der Waals surface area contributed by atoms with E-state index in [-0.39, 0.29) is 10.9 Å². The Kier molecular flexibility index (Phi) is 4.60. The van der Waals surface area contributed by atoms with Crippen LogP contribution in [0.4, 0.5) is 5.69 Å². The summed E-state index contributed by atoms with van der Waals surface area (Å²) in [4.78, 5) is 1.23. The minimum Gasteiger partial charge on any atom is -0.497 e. The molecule has 2 N–H and O–H groups in total. The van der Waals surface area contributed by atoms with Gasteiger partial charge in [0.15, 0.2) is 0 Å². The summed E-state index contributed by atoms with van der Waals surface area (Å²) >= 11 is 1.80. The highest BCUT2D eigenvalue weighted by atomic mass is 32.2. The predicted molar refractivity (Wildman–Crippen MR) is 91.8 cm³/mol. The first-order valence-electron chi connectivity index (χ1n) is 7.52. The summed E-state index contributed by atoms with van der Waals surface area (Å²) in [6, 6.07) is 18.1. The Morgan fingerprint density at radius 2 is 1.82 bits per heavy atom. The fourth-order valence-electron chi connectivity index (χ4n) is 2.46. The average molecular weight is 315 g/mol. The Bertz CT molecular complexity index is 596. The van der Waals surface area contributed by atoms with Crippen molar-refractivity contribution in [2.45, 2.75) is 28.6 Å². The molecule has 3 rings (SSSR count). The van der Waals surface area contributed by atoms with E-state index in [1.165, 1.54) is 4.90 Å². The van der Waals surface area contributed by atoms with E-state index in [1.807, 2.05) is 42.5 Å². The largest absolute Gasteiger partial charge is 0.497 e. The number of aliphatic hydroxyl groups is 1. The molecule has 0 aromatic heterocycles. The summed E-state index contributed by atoms with van der Waals surface area (Å²) < 4.78 is 5.12. The number of thioether (sulfide) groups is 1. The molecule has 22 heavy (non-hydrogen) atoms. The summed E-state index contributed by atoms with van der Waals surface area (Å²) in [6.45, 7) is 0.562. The number of hydrogen-bond donors (Lipinski definition) is 2. The third-order valence-corrected chi connectivity index (χ3v) is 5.60. The van der Waals surface area contributed by atoms with Crippen LogP contribution >= 0.6 is 11.8 Å². The van der Waals surface area contributed by atoms with E-state index in [2.05, 4.69) is 17.4 Å². The van der Waals surface area contributed by atoms with Gasteiger partial charge in [0, 0.05) is 21.9 Å².